The van der Waals surface area contributed by atoms with E-state index in [4.69, 9.17) is 5.21 Å². The first-order chi connectivity index (χ1) is 11.0. The van der Waals surface area contributed by atoms with Gasteiger partial charge in [-0.2, -0.15) is 0 Å². The van der Waals surface area contributed by atoms with Gasteiger partial charge in [0.05, 0.1) is 10.0 Å². The summed E-state index contributed by atoms with van der Waals surface area (Å²) < 4.78 is 12.6. The van der Waals surface area contributed by atoms with E-state index in [1.807, 2.05) is 0 Å². The average Bonchev–Trinajstić information content (AvgIpc) is 3.15. The number of halogens is 1. The minimum Gasteiger partial charge on any atom is -0.616 e. The van der Waals surface area contributed by atoms with Gasteiger partial charge in [-0.3, -0.25) is 10.0 Å². The number of unbranched alkanes of at least 4 members (excludes halogenated alkanes) is 1. The molecule has 0 saturated heterocycles. The number of hydrogen-bond acceptors (Lipinski definition) is 5. The predicted octanol–water partition coefficient (Wildman–Crippen LogP) is 4.20. The highest BCUT2D eigenvalue weighted by molar-refractivity contribution is 9.11. The number of thiophene rings is 2. The molecule has 126 valence electrons. The molecule has 2 heterocycles. The average molecular weight is 436 g/mol. The van der Waals surface area contributed by atoms with Crippen molar-refractivity contribution in [1.82, 2.24) is 5.48 Å². The quantitative estimate of drug-likeness (QED) is 0.282. The second kappa shape index (κ2) is 9.19. The van der Waals surface area contributed by atoms with E-state index >= 15 is 0 Å². The Kier molecular flexibility index (Phi) is 7.58. The van der Waals surface area contributed by atoms with Crippen LogP contribution in [0.25, 0.3) is 9.75 Å². The fourth-order valence-corrected chi connectivity index (χ4v) is 5.62. The lowest BCUT2D eigenvalue weighted by atomic mass is 10.1. The number of aryl methyl sites for hydroxylation is 1. The molecule has 0 bridgehead atoms. The van der Waals surface area contributed by atoms with Crippen LogP contribution in [0.15, 0.2) is 28.1 Å². The molecule has 4 nitrogen and oxygen atoms in total. The van der Waals surface area contributed by atoms with E-state index in [0.29, 0.717) is 6.42 Å². The van der Waals surface area contributed by atoms with Crippen molar-refractivity contribution in [3.63, 3.8) is 0 Å². The summed E-state index contributed by atoms with van der Waals surface area (Å²) in [6.07, 6.45) is 4.69. The molecular formula is C15H18BrNO3S3. The molecule has 2 N–H and O–H groups in total. The fourth-order valence-electron chi connectivity index (χ4n) is 2.24. The molecule has 0 aliphatic rings. The Balaban J connectivity index is 1.80. The first-order valence-corrected chi connectivity index (χ1v) is 11.2. The van der Waals surface area contributed by atoms with E-state index in [1.54, 1.807) is 28.2 Å². The molecule has 2 aromatic heterocycles. The van der Waals surface area contributed by atoms with Gasteiger partial charge in [-0.25, -0.2) is 5.48 Å². The van der Waals surface area contributed by atoms with Gasteiger partial charge < -0.3 is 4.55 Å². The SMILES string of the molecule is C[S+]([O-])C(CCCCc1ccc(-c2ccc(Br)s2)s1)C(=O)NO. The van der Waals surface area contributed by atoms with Crippen LogP contribution in [0.3, 0.4) is 0 Å². The van der Waals surface area contributed by atoms with E-state index in [-0.39, 0.29) is 0 Å². The molecule has 1 amide bonds. The Hall–Kier alpha value is -0.380. The van der Waals surface area contributed by atoms with Crippen molar-refractivity contribution < 1.29 is 14.6 Å². The summed E-state index contributed by atoms with van der Waals surface area (Å²) >= 11 is 5.71. The van der Waals surface area contributed by atoms with Crippen molar-refractivity contribution in [3.05, 3.63) is 32.9 Å². The van der Waals surface area contributed by atoms with Crippen LogP contribution in [0, 0.1) is 0 Å². The van der Waals surface area contributed by atoms with Gasteiger partial charge in [0.2, 0.25) is 0 Å². The summed E-state index contributed by atoms with van der Waals surface area (Å²) in [6, 6.07) is 8.44. The van der Waals surface area contributed by atoms with Crippen molar-refractivity contribution >= 4 is 55.7 Å². The normalized spacial score (nSPS) is 13.7. The van der Waals surface area contributed by atoms with Gasteiger partial charge in [-0.15, -0.1) is 22.7 Å². The molecule has 2 unspecified atom stereocenters. The van der Waals surface area contributed by atoms with Crippen LogP contribution < -0.4 is 5.48 Å². The zero-order valence-corrected chi connectivity index (χ0v) is 16.6. The van der Waals surface area contributed by atoms with Crippen LogP contribution in [0.5, 0.6) is 0 Å². The number of hydroxylamine groups is 1. The van der Waals surface area contributed by atoms with Gasteiger partial charge in [0.1, 0.15) is 0 Å². The number of carbonyl (C=O) groups excluding carboxylic acids is 1. The third-order valence-electron chi connectivity index (χ3n) is 3.42. The number of carbonyl (C=O) groups is 1. The molecular weight excluding hydrogens is 418 g/mol. The van der Waals surface area contributed by atoms with Crippen LogP contribution >= 0.6 is 38.6 Å². The van der Waals surface area contributed by atoms with Gasteiger partial charge in [-0.05, 0) is 70.6 Å². The Morgan fingerprint density at radius 1 is 1.30 bits per heavy atom. The topological polar surface area (TPSA) is 72.4 Å². The first kappa shape index (κ1) is 19.0. The van der Waals surface area contributed by atoms with Crippen LogP contribution in [0.2, 0.25) is 0 Å². The Labute approximate surface area is 155 Å². The monoisotopic (exact) mass is 435 g/mol. The standard InChI is InChI=1S/C15H18BrNO3S3/c1-23(20)13(15(18)17-19)5-3-2-4-10-6-7-11(21-10)12-8-9-14(16)22-12/h6-9,13,19H,2-5H2,1H3,(H,17,18). The molecule has 23 heavy (non-hydrogen) atoms. The lowest BCUT2D eigenvalue weighted by Crippen LogP contribution is -2.37. The Morgan fingerprint density at radius 2 is 2.00 bits per heavy atom. The summed E-state index contributed by atoms with van der Waals surface area (Å²) in [4.78, 5) is 15.3. The van der Waals surface area contributed by atoms with E-state index in [2.05, 4.69) is 40.2 Å². The molecule has 2 aromatic rings. The van der Waals surface area contributed by atoms with E-state index in [9.17, 15) is 9.35 Å². The zero-order valence-electron chi connectivity index (χ0n) is 12.6. The van der Waals surface area contributed by atoms with Gasteiger partial charge in [0.25, 0.3) is 5.91 Å². The van der Waals surface area contributed by atoms with Gasteiger partial charge in [-0.1, -0.05) is 0 Å². The van der Waals surface area contributed by atoms with Gasteiger partial charge in [0, 0.05) is 21.1 Å². The third-order valence-corrected chi connectivity index (χ3v) is 7.64. The molecule has 0 aliphatic carbocycles. The van der Waals surface area contributed by atoms with Gasteiger partial charge in [0.15, 0.2) is 5.25 Å². The fraction of sp³-hybridized carbons (Fsp3) is 0.400. The second-order valence-corrected chi connectivity index (χ2v) is 10.3. The molecule has 0 aromatic carbocycles. The number of rotatable bonds is 8. The maximum absolute atomic E-state index is 11.5. The van der Waals surface area contributed by atoms with Crippen molar-refractivity contribution in [2.75, 3.05) is 6.26 Å². The van der Waals surface area contributed by atoms with E-state index in [1.165, 1.54) is 20.9 Å². The lowest BCUT2D eigenvalue weighted by Gasteiger charge is -2.16. The molecule has 0 aliphatic heterocycles. The van der Waals surface area contributed by atoms with Crippen LogP contribution in [-0.4, -0.2) is 27.2 Å². The number of amides is 1. The van der Waals surface area contributed by atoms with Crippen molar-refractivity contribution in [3.8, 4) is 9.75 Å². The Bertz CT molecular complexity index is 641. The highest BCUT2D eigenvalue weighted by Gasteiger charge is 2.26. The highest BCUT2D eigenvalue weighted by atomic mass is 79.9. The third kappa shape index (κ3) is 5.58. The van der Waals surface area contributed by atoms with Crippen molar-refractivity contribution in [2.24, 2.45) is 0 Å². The van der Waals surface area contributed by atoms with Gasteiger partial charge >= 0.3 is 0 Å². The van der Waals surface area contributed by atoms with E-state index in [0.717, 1.165) is 23.0 Å². The van der Waals surface area contributed by atoms with E-state index < -0.39 is 22.3 Å². The molecule has 0 spiro atoms. The maximum Gasteiger partial charge on any atom is 0.296 e. The largest absolute Gasteiger partial charge is 0.616 e. The van der Waals surface area contributed by atoms with Crippen LogP contribution in [0.1, 0.15) is 24.1 Å². The molecule has 2 atom stereocenters. The molecule has 0 fully saturated rings. The highest BCUT2D eigenvalue weighted by Crippen LogP contribution is 2.36. The maximum atomic E-state index is 11.5. The molecule has 8 heteroatoms. The summed E-state index contributed by atoms with van der Waals surface area (Å²) in [5.74, 6) is -0.562. The minimum atomic E-state index is -1.27. The molecule has 2 rings (SSSR count). The summed E-state index contributed by atoms with van der Waals surface area (Å²) in [5.41, 5.74) is 1.60. The molecule has 0 saturated carbocycles. The second-order valence-electron chi connectivity index (χ2n) is 5.08. The van der Waals surface area contributed by atoms with Crippen LogP contribution in [-0.2, 0) is 22.4 Å². The number of nitrogens with one attached hydrogen (secondary N) is 1. The summed E-state index contributed by atoms with van der Waals surface area (Å²) in [6.45, 7) is 0. The summed E-state index contributed by atoms with van der Waals surface area (Å²) in [7, 11) is 0. The lowest BCUT2D eigenvalue weighted by molar-refractivity contribution is -0.128. The smallest absolute Gasteiger partial charge is 0.296 e. The first-order valence-electron chi connectivity index (χ1n) is 7.12. The number of hydrogen-bond donors (Lipinski definition) is 2. The van der Waals surface area contributed by atoms with Crippen molar-refractivity contribution in [2.45, 2.75) is 30.9 Å². The molecule has 0 radical (unpaired) electrons. The summed E-state index contributed by atoms with van der Waals surface area (Å²) in [5, 5.41) is 8.03. The Morgan fingerprint density at radius 3 is 2.61 bits per heavy atom. The van der Waals surface area contributed by atoms with Crippen molar-refractivity contribution in [1.29, 1.82) is 0 Å². The minimum absolute atomic E-state index is 0.519. The predicted molar refractivity (Wildman–Crippen MR) is 101 cm³/mol. The zero-order chi connectivity index (χ0) is 16.8. The van der Waals surface area contributed by atoms with Crippen LogP contribution in [0.4, 0.5) is 0 Å².